The monoisotopic (exact) mass is 248 g/mol. The van der Waals surface area contributed by atoms with E-state index < -0.39 is 0 Å². The van der Waals surface area contributed by atoms with E-state index in [1.54, 1.807) is 14.2 Å². The Hall–Kier alpha value is -1.18. The van der Waals surface area contributed by atoms with Crippen LogP contribution in [0.4, 0.5) is 0 Å². The van der Waals surface area contributed by atoms with Crippen molar-refractivity contribution < 1.29 is 9.47 Å². The van der Waals surface area contributed by atoms with E-state index in [1.165, 1.54) is 36.8 Å². The first-order valence-corrected chi connectivity index (χ1v) is 6.96. The summed E-state index contributed by atoms with van der Waals surface area (Å²) in [5, 5.41) is 0. The average molecular weight is 248 g/mol. The molecule has 1 aliphatic rings. The SMILES string of the molecule is CCC1(CC)CCCc2cc(OC)c(OC)cc21. The standard InChI is InChI=1S/C16H24O2/c1-5-16(6-2)9-7-8-12-10-14(17-3)15(18-4)11-13(12)16/h10-11H,5-9H2,1-4H3. The molecule has 0 atom stereocenters. The molecule has 0 radical (unpaired) electrons. The van der Waals surface area contributed by atoms with E-state index in [2.05, 4.69) is 26.0 Å². The maximum Gasteiger partial charge on any atom is 0.161 e. The van der Waals surface area contributed by atoms with Gasteiger partial charge in [-0.25, -0.2) is 0 Å². The van der Waals surface area contributed by atoms with Gasteiger partial charge in [-0.3, -0.25) is 0 Å². The number of ether oxygens (including phenoxy) is 2. The van der Waals surface area contributed by atoms with Crippen molar-refractivity contribution in [1.29, 1.82) is 0 Å². The van der Waals surface area contributed by atoms with Crippen LogP contribution in [0.5, 0.6) is 11.5 Å². The van der Waals surface area contributed by atoms with Crippen molar-refractivity contribution in [2.75, 3.05) is 14.2 Å². The first kappa shape index (κ1) is 13.3. The minimum atomic E-state index is 0.340. The lowest BCUT2D eigenvalue weighted by Crippen LogP contribution is -2.29. The van der Waals surface area contributed by atoms with Gasteiger partial charge in [0, 0.05) is 0 Å². The predicted molar refractivity (Wildman–Crippen MR) is 74.7 cm³/mol. The molecule has 18 heavy (non-hydrogen) atoms. The second kappa shape index (κ2) is 5.21. The van der Waals surface area contributed by atoms with E-state index in [0.29, 0.717) is 5.41 Å². The zero-order chi connectivity index (χ0) is 13.2. The molecule has 0 saturated heterocycles. The molecule has 0 aliphatic heterocycles. The first-order chi connectivity index (χ1) is 8.70. The fourth-order valence-electron chi connectivity index (χ4n) is 3.36. The van der Waals surface area contributed by atoms with Gasteiger partial charge >= 0.3 is 0 Å². The van der Waals surface area contributed by atoms with Crippen molar-refractivity contribution in [3.05, 3.63) is 23.3 Å². The Morgan fingerprint density at radius 2 is 1.67 bits per heavy atom. The molecule has 0 heterocycles. The highest BCUT2D eigenvalue weighted by atomic mass is 16.5. The lowest BCUT2D eigenvalue weighted by atomic mass is 9.67. The molecule has 100 valence electrons. The van der Waals surface area contributed by atoms with Crippen molar-refractivity contribution in [3.63, 3.8) is 0 Å². The molecule has 2 heteroatoms. The topological polar surface area (TPSA) is 18.5 Å². The number of benzene rings is 1. The van der Waals surface area contributed by atoms with Gasteiger partial charge in [0.1, 0.15) is 0 Å². The van der Waals surface area contributed by atoms with Gasteiger partial charge in [-0.05, 0) is 60.8 Å². The van der Waals surface area contributed by atoms with Gasteiger partial charge < -0.3 is 9.47 Å². The summed E-state index contributed by atoms with van der Waals surface area (Å²) < 4.78 is 10.9. The number of hydrogen-bond acceptors (Lipinski definition) is 2. The van der Waals surface area contributed by atoms with Crippen molar-refractivity contribution in [2.24, 2.45) is 0 Å². The number of hydrogen-bond donors (Lipinski definition) is 0. The van der Waals surface area contributed by atoms with Gasteiger partial charge in [0.25, 0.3) is 0 Å². The molecule has 0 unspecified atom stereocenters. The molecule has 0 spiro atoms. The van der Waals surface area contributed by atoms with Gasteiger partial charge in [0.2, 0.25) is 0 Å². The summed E-state index contributed by atoms with van der Waals surface area (Å²) in [6, 6.07) is 4.38. The summed E-state index contributed by atoms with van der Waals surface area (Å²) in [7, 11) is 3.42. The Bertz CT molecular complexity index is 419. The maximum absolute atomic E-state index is 5.46. The number of aryl methyl sites for hydroxylation is 1. The zero-order valence-electron chi connectivity index (χ0n) is 12.0. The molecule has 1 aliphatic carbocycles. The normalized spacial score (nSPS) is 17.1. The summed E-state index contributed by atoms with van der Waals surface area (Å²) >= 11 is 0. The third-order valence-corrected chi connectivity index (χ3v) is 4.64. The molecule has 0 aromatic heterocycles. The van der Waals surface area contributed by atoms with Crippen LogP contribution < -0.4 is 9.47 Å². The molecular formula is C16H24O2. The molecular weight excluding hydrogens is 224 g/mol. The molecule has 0 bridgehead atoms. The van der Waals surface area contributed by atoms with Crippen LogP contribution in [0.3, 0.4) is 0 Å². The van der Waals surface area contributed by atoms with Crippen LogP contribution in [-0.4, -0.2) is 14.2 Å². The molecule has 2 rings (SSSR count). The second-order valence-corrected chi connectivity index (χ2v) is 5.21. The average Bonchev–Trinajstić information content (AvgIpc) is 2.44. The molecule has 0 N–H and O–H groups in total. The van der Waals surface area contributed by atoms with Crippen molar-refractivity contribution in [3.8, 4) is 11.5 Å². The van der Waals surface area contributed by atoms with Gasteiger partial charge in [0.05, 0.1) is 14.2 Å². The van der Waals surface area contributed by atoms with Gasteiger partial charge in [-0.1, -0.05) is 13.8 Å². The van der Waals surface area contributed by atoms with Crippen molar-refractivity contribution >= 4 is 0 Å². The number of rotatable bonds is 4. The molecule has 1 aromatic carbocycles. The highest BCUT2D eigenvalue weighted by molar-refractivity contribution is 5.51. The molecule has 2 nitrogen and oxygen atoms in total. The Morgan fingerprint density at radius 3 is 2.22 bits per heavy atom. The Kier molecular flexibility index (Phi) is 3.84. The summed E-state index contributed by atoms with van der Waals surface area (Å²) in [4.78, 5) is 0. The van der Waals surface area contributed by atoms with Crippen LogP contribution in [0.15, 0.2) is 12.1 Å². The van der Waals surface area contributed by atoms with Gasteiger partial charge in [0.15, 0.2) is 11.5 Å². The van der Waals surface area contributed by atoms with Gasteiger partial charge in [-0.15, -0.1) is 0 Å². The highest BCUT2D eigenvalue weighted by Crippen LogP contribution is 2.46. The summed E-state index contributed by atoms with van der Waals surface area (Å²) in [5.74, 6) is 1.73. The van der Waals surface area contributed by atoms with Crippen molar-refractivity contribution in [1.82, 2.24) is 0 Å². The molecule has 0 amide bonds. The lowest BCUT2D eigenvalue weighted by Gasteiger charge is -2.38. The third-order valence-electron chi connectivity index (χ3n) is 4.64. The first-order valence-electron chi connectivity index (χ1n) is 6.96. The van der Waals surface area contributed by atoms with E-state index in [-0.39, 0.29) is 0 Å². The minimum Gasteiger partial charge on any atom is -0.493 e. The Morgan fingerprint density at radius 1 is 1.06 bits per heavy atom. The molecule has 1 aromatic rings. The Balaban J connectivity index is 2.56. The quantitative estimate of drug-likeness (QED) is 0.798. The predicted octanol–water partition coefficient (Wildman–Crippen LogP) is 4.10. The van der Waals surface area contributed by atoms with Crippen LogP contribution in [-0.2, 0) is 11.8 Å². The highest BCUT2D eigenvalue weighted by Gasteiger charge is 2.34. The Labute approximate surface area is 110 Å². The minimum absolute atomic E-state index is 0.340. The van der Waals surface area contributed by atoms with Crippen LogP contribution in [0.25, 0.3) is 0 Å². The third kappa shape index (κ3) is 1.98. The molecule has 0 fully saturated rings. The van der Waals surface area contributed by atoms with Crippen LogP contribution >= 0.6 is 0 Å². The summed E-state index contributed by atoms with van der Waals surface area (Å²) in [6.07, 6.45) is 6.14. The lowest BCUT2D eigenvalue weighted by molar-refractivity contribution is 0.323. The van der Waals surface area contributed by atoms with Crippen molar-refractivity contribution in [2.45, 2.75) is 51.4 Å². The van der Waals surface area contributed by atoms with E-state index in [4.69, 9.17) is 9.47 Å². The van der Waals surface area contributed by atoms with Crippen LogP contribution in [0, 0.1) is 0 Å². The largest absolute Gasteiger partial charge is 0.493 e. The molecule has 0 saturated carbocycles. The summed E-state index contributed by atoms with van der Waals surface area (Å²) in [5.41, 5.74) is 3.27. The van der Waals surface area contributed by atoms with E-state index in [9.17, 15) is 0 Å². The summed E-state index contributed by atoms with van der Waals surface area (Å²) in [6.45, 7) is 4.60. The maximum atomic E-state index is 5.46. The second-order valence-electron chi connectivity index (χ2n) is 5.21. The van der Waals surface area contributed by atoms with Gasteiger partial charge in [-0.2, -0.15) is 0 Å². The fraction of sp³-hybridized carbons (Fsp3) is 0.625. The van der Waals surface area contributed by atoms with E-state index in [0.717, 1.165) is 17.9 Å². The number of fused-ring (bicyclic) bond motifs is 1. The fourth-order valence-corrected chi connectivity index (χ4v) is 3.36. The smallest absolute Gasteiger partial charge is 0.161 e. The van der Waals surface area contributed by atoms with E-state index >= 15 is 0 Å². The van der Waals surface area contributed by atoms with E-state index in [1.807, 2.05) is 0 Å². The van der Waals surface area contributed by atoms with Crippen LogP contribution in [0.1, 0.15) is 50.7 Å². The van der Waals surface area contributed by atoms with Crippen LogP contribution in [0.2, 0.25) is 0 Å². The zero-order valence-corrected chi connectivity index (χ0v) is 12.0. The number of methoxy groups -OCH3 is 2.